The molecule has 0 fully saturated rings. The van der Waals surface area contributed by atoms with E-state index in [1.807, 2.05) is 30.3 Å². The lowest BCUT2D eigenvalue weighted by molar-refractivity contribution is 0.0893. The van der Waals surface area contributed by atoms with Gasteiger partial charge in [0, 0.05) is 27.3 Å². The quantitative estimate of drug-likeness (QED) is 0.233. The Hall–Kier alpha value is -4.90. The van der Waals surface area contributed by atoms with Crippen LogP contribution in [0, 0.1) is 0 Å². The first kappa shape index (κ1) is 23.2. The minimum Gasteiger partial charge on any atom is -0.497 e. The normalized spacial score (nSPS) is 15.3. The van der Waals surface area contributed by atoms with Crippen LogP contribution >= 0.6 is 0 Å². The van der Waals surface area contributed by atoms with Crippen LogP contribution in [-0.4, -0.2) is 18.9 Å². The van der Waals surface area contributed by atoms with Crippen molar-refractivity contribution in [3.8, 4) is 5.75 Å². The second-order valence-electron chi connectivity index (χ2n) is 10.5. The summed E-state index contributed by atoms with van der Waals surface area (Å²) in [5.74, 6) is -0.00457. The molecule has 0 unspecified atom stereocenters. The molecule has 0 saturated heterocycles. The van der Waals surface area contributed by atoms with Crippen LogP contribution in [0.3, 0.4) is 0 Å². The Morgan fingerprint density at radius 2 is 1.18 bits per heavy atom. The fraction of sp³-hybridized carbons (Fsp3) is 0.118. The van der Waals surface area contributed by atoms with E-state index in [2.05, 4.69) is 67.3 Å². The van der Waals surface area contributed by atoms with Crippen molar-refractivity contribution in [3.63, 3.8) is 0 Å². The van der Waals surface area contributed by atoms with Gasteiger partial charge in [-0.1, -0.05) is 62.4 Å². The third-order valence-corrected chi connectivity index (χ3v) is 8.09. The molecule has 0 N–H and O–H groups in total. The molecular formula is C34H26N2O3. The van der Waals surface area contributed by atoms with Crippen LogP contribution in [0.25, 0.3) is 10.8 Å². The van der Waals surface area contributed by atoms with Crippen LogP contribution in [0.1, 0.15) is 45.7 Å². The first-order valence-corrected chi connectivity index (χ1v) is 13.0. The maximum Gasteiger partial charge on any atom is 0.265 e. The molecule has 0 atom stereocenters. The largest absolute Gasteiger partial charge is 0.497 e. The number of nitrogens with zero attached hydrogens (tertiary/aromatic N) is 2. The fourth-order valence-corrected chi connectivity index (χ4v) is 6.17. The Balaban J connectivity index is 1.45. The van der Waals surface area contributed by atoms with Crippen LogP contribution in [0.5, 0.6) is 5.75 Å². The van der Waals surface area contributed by atoms with Crippen molar-refractivity contribution in [1.82, 2.24) is 0 Å². The van der Waals surface area contributed by atoms with E-state index >= 15 is 0 Å². The van der Waals surface area contributed by atoms with E-state index in [0.717, 1.165) is 22.4 Å². The molecule has 39 heavy (non-hydrogen) atoms. The molecule has 5 heteroatoms. The fourth-order valence-electron chi connectivity index (χ4n) is 6.17. The van der Waals surface area contributed by atoms with Gasteiger partial charge < -0.3 is 9.64 Å². The zero-order chi connectivity index (χ0) is 26.9. The van der Waals surface area contributed by atoms with Crippen molar-refractivity contribution >= 4 is 45.3 Å². The first-order valence-electron chi connectivity index (χ1n) is 13.0. The highest BCUT2D eigenvalue weighted by atomic mass is 16.5. The van der Waals surface area contributed by atoms with Gasteiger partial charge in [-0.15, -0.1) is 0 Å². The van der Waals surface area contributed by atoms with Gasteiger partial charge in [0.2, 0.25) is 0 Å². The summed E-state index contributed by atoms with van der Waals surface area (Å²) in [6, 6.07) is 33.5. The number of anilines is 4. The van der Waals surface area contributed by atoms with E-state index in [-0.39, 0.29) is 17.2 Å². The van der Waals surface area contributed by atoms with E-state index < -0.39 is 0 Å². The molecule has 2 aliphatic rings. The molecule has 2 aliphatic heterocycles. The number of amides is 2. The number of hydrogen-bond donors (Lipinski definition) is 0. The van der Waals surface area contributed by atoms with E-state index in [4.69, 9.17) is 4.74 Å². The van der Waals surface area contributed by atoms with Gasteiger partial charge in [-0.05, 0) is 65.7 Å². The Morgan fingerprint density at radius 1 is 0.590 bits per heavy atom. The van der Waals surface area contributed by atoms with Gasteiger partial charge >= 0.3 is 0 Å². The van der Waals surface area contributed by atoms with Gasteiger partial charge in [0.15, 0.2) is 0 Å². The topological polar surface area (TPSA) is 49.9 Å². The predicted octanol–water partition coefficient (Wildman–Crippen LogP) is 7.76. The van der Waals surface area contributed by atoms with Gasteiger partial charge in [-0.25, -0.2) is 4.90 Å². The summed E-state index contributed by atoms with van der Waals surface area (Å²) >= 11 is 0. The number of rotatable bonds is 3. The number of ether oxygens (including phenoxy) is 1. The van der Waals surface area contributed by atoms with Gasteiger partial charge in [0.05, 0.1) is 29.9 Å². The average molecular weight is 511 g/mol. The van der Waals surface area contributed by atoms with E-state index in [1.54, 1.807) is 31.4 Å². The Labute approximate surface area is 226 Å². The molecule has 5 aromatic carbocycles. The molecule has 0 radical (unpaired) electrons. The van der Waals surface area contributed by atoms with Gasteiger partial charge in [-0.3, -0.25) is 9.59 Å². The minimum absolute atomic E-state index is 0.180. The van der Waals surface area contributed by atoms with E-state index in [1.165, 1.54) is 16.0 Å². The molecule has 0 spiro atoms. The van der Waals surface area contributed by atoms with Crippen LogP contribution < -0.4 is 14.5 Å². The third kappa shape index (κ3) is 3.20. The number of carbonyl (C=O) groups is 2. The maximum atomic E-state index is 13.8. The lowest BCUT2D eigenvalue weighted by Gasteiger charge is -2.42. The first-order chi connectivity index (χ1) is 18.9. The number of carbonyl (C=O) groups excluding carboxylic acids is 2. The SMILES string of the molecule is COc1ccc(N2C(=O)c3cccc4c(N5c6ccccc6C(C)(C)c6ccccc65)ccc(c34)C2=O)cc1. The molecule has 0 saturated carbocycles. The number of para-hydroxylation sites is 2. The van der Waals surface area contributed by atoms with Crippen LogP contribution in [-0.2, 0) is 5.41 Å². The smallest absolute Gasteiger partial charge is 0.265 e. The highest BCUT2D eigenvalue weighted by molar-refractivity contribution is 6.36. The number of benzene rings is 5. The van der Waals surface area contributed by atoms with Gasteiger partial charge in [0.25, 0.3) is 11.8 Å². The molecule has 0 aliphatic carbocycles. The van der Waals surface area contributed by atoms with E-state index in [0.29, 0.717) is 28.0 Å². The van der Waals surface area contributed by atoms with Crippen molar-refractivity contribution in [2.24, 2.45) is 0 Å². The molecule has 5 nitrogen and oxygen atoms in total. The summed E-state index contributed by atoms with van der Waals surface area (Å²) in [4.78, 5) is 31.1. The second-order valence-corrected chi connectivity index (χ2v) is 10.5. The zero-order valence-corrected chi connectivity index (χ0v) is 21.9. The van der Waals surface area contributed by atoms with Crippen molar-refractivity contribution in [2.45, 2.75) is 19.3 Å². The lowest BCUT2D eigenvalue weighted by Crippen LogP contribution is -2.40. The maximum absolute atomic E-state index is 13.8. The average Bonchev–Trinajstić information content (AvgIpc) is 2.97. The minimum atomic E-state index is -0.332. The molecule has 190 valence electrons. The standard InChI is InChI=1S/C34H26N2O3/c1-34(2)26-11-4-6-13-29(26)36(30-14-7-5-12-27(30)34)28-20-19-25-31-23(28)9-8-10-24(31)32(37)35(33(25)38)21-15-17-22(39-3)18-16-21/h4-20H,1-3H3. The van der Waals surface area contributed by atoms with Crippen LogP contribution in [0.2, 0.25) is 0 Å². The Morgan fingerprint density at radius 3 is 1.79 bits per heavy atom. The molecule has 0 aromatic heterocycles. The molecule has 5 aromatic rings. The van der Waals surface area contributed by atoms with Crippen molar-refractivity contribution in [3.05, 3.63) is 125 Å². The second kappa shape index (κ2) is 8.30. The monoisotopic (exact) mass is 510 g/mol. The highest BCUT2D eigenvalue weighted by Crippen LogP contribution is 2.53. The molecule has 0 bridgehead atoms. The summed E-state index contributed by atoms with van der Waals surface area (Å²) in [5.41, 5.74) is 6.93. The zero-order valence-electron chi connectivity index (χ0n) is 21.9. The predicted molar refractivity (Wildman–Crippen MR) is 155 cm³/mol. The van der Waals surface area contributed by atoms with Crippen LogP contribution in [0.4, 0.5) is 22.7 Å². The van der Waals surface area contributed by atoms with Crippen molar-refractivity contribution < 1.29 is 14.3 Å². The van der Waals surface area contributed by atoms with E-state index in [9.17, 15) is 9.59 Å². The number of hydrogen-bond acceptors (Lipinski definition) is 4. The van der Waals surface area contributed by atoms with Crippen LogP contribution in [0.15, 0.2) is 103 Å². The Kier molecular flexibility index (Phi) is 4.95. The number of methoxy groups -OCH3 is 1. The summed E-state index contributed by atoms with van der Waals surface area (Å²) < 4.78 is 5.25. The number of fused-ring (bicyclic) bond motifs is 2. The molecule has 2 amide bonds. The Bertz CT molecular complexity index is 1750. The van der Waals surface area contributed by atoms with Crippen molar-refractivity contribution in [2.75, 3.05) is 16.9 Å². The molecular weight excluding hydrogens is 484 g/mol. The van der Waals surface area contributed by atoms with Crippen molar-refractivity contribution in [1.29, 1.82) is 0 Å². The summed E-state index contributed by atoms with van der Waals surface area (Å²) in [7, 11) is 1.58. The molecule has 2 heterocycles. The summed E-state index contributed by atoms with van der Waals surface area (Å²) in [6.07, 6.45) is 0. The third-order valence-electron chi connectivity index (χ3n) is 8.09. The molecule has 7 rings (SSSR count). The lowest BCUT2D eigenvalue weighted by atomic mass is 9.73. The number of imide groups is 1. The highest BCUT2D eigenvalue weighted by Gasteiger charge is 2.39. The van der Waals surface area contributed by atoms with Gasteiger partial charge in [-0.2, -0.15) is 0 Å². The summed E-state index contributed by atoms with van der Waals surface area (Å²) in [6.45, 7) is 4.51. The summed E-state index contributed by atoms with van der Waals surface area (Å²) in [5, 5.41) is 1.56. The van der Waals surface area contributed by atoms with Gasteiger partial charge in [0.1, 0.15) is 5.75 Å².